The zero-order valence-corrected chi connectivity index (χ0v) is 17.1. The topological polar surface area (TPSA) is 9.23 Å². The minimum absolute atomic E-state index is 0. The van der Waals surface area contributed by atoms with Gasteiger partial charge in [-0.3, -0.25) is 0 Å². The van der Waals surface area contributed by atoms with E-state index in [4.69, 9.17) is 4.43 Å². The van der Waals surface area contributed by atoms with E-state index < -0.39 is 8.32 Å². The first kappa shape index (κ1) is 17.3. The first-order valence-electron chi connectivity index (χ1n) is 5.84. The van der Waals surface area contributed by atoms with Crippen LogP contribution in [0.4, 0.5) is 0 Å². The predicted octanol–water partition coefficient (Wildman–Crippen LogP) is 1.12. The van der Waals surface area contributed by atoms with E-state index in [9.17, 15) is 0 Å². The fourth-order valence-electron chi connectivity index (χ4n) is 1.24. The summed E-state index contributed by atoms with van der Waals surface area (Å²) in [6.45, 7) is 11.4. The minimum atomic E-state index is -1.68. The molecule has 92 valence electrons. The number of halogens is 1. The van der Waals surface area contributed by atoms with Crippen molar-refractivity contribution in [2.45, 2.75) is 43.9 Å². The Labute approximate surface area is 127 Å². The van der Waals surface area contributed by atoms with Crippen LogP contribution in [-0.4, -0.2) is 8.32 Å². The third kappa shape index (κ3) is 4.50. The van der Waals surface area contributed by atoms with Crippen molar-refractivity contribution in [3.05, 3.63) is 29.8 Å². The molecule has 0 atom stereocenters. The van der Waals surface area contributed by atoms with Crippen LogP contribution < -0.4 is 21.4 Å². The summed E-state index contributed by atoms with van der Waals surface area (Å²) in [7, 11) is -1.68. The second-order valence-corrected chi connectivity index (χ2v) is 11.5. The molecule has 0 N–H and O–H groups in total. The van der Waals surface area contributed by atoms with Crippen molar-refractivity contribution in [2.75, 3.05) is 0 Å². The molecule has 0 saturated carbocycles. The van der Waals surface area contributed by atoms with Gasteiger partial charge in [0.2, 0.25) is 0 Å². The maximum absolute atomic E-state index is 6.35. The summed E-state index contributed by atoms with van der Waals surface area (Å²) < 4.78 is 6.35. The molecule has 0 spiro atoms. The fraction of sp³-hybridized carbons (Fsp3) is 0.538. The van der Waals surface area contributed by atoms with Crippen LogP contribution in [0.5, 0.6) is 5.75 Å². The Morgan fingerprint density at radius 2 is 1.71 bits per heavy atom. The van der Waals surface area contributed by atoms with Crippen molar-refractivity contribution in [2.24, 2.45) is 0 Å². The van der Waals surface area contributed by atoms with Crippen molar-refractivity contribution in [3.8, 4) is 5.75 Å². The van der Waals surface area contributed by atoms with Crippen LogP contribution in [0.3, 0.4) is 0 Å². The average Bonchev–Trinajstić information content (AvgIpc) is 2.16. The fourth-order valence-corrected chi connectivity index (χ4v) is 3.16. The summed E-state index contributed by atoms with van der Waals surface area (Å²) in [4.78, 5) is 0. The summed E-state index contributed by atoms with van der Waals surface area (Å²) in [5.74, 6) is 1.11. The zero-order chi connectivity index (χ0) is 12.4. The Morgan fingerprint density at radius 3 is 2.18 bits per heavy atom. The van der Waals surface area contributed by atoms with Crippen LogP contribution in [0, 0.1) is 0 Å². The van der Waals surface area contributed by atoms with Crippen LogP contribution >= 0.6 is 0 Å². The van der Waals surface area contributed by atoms with Gasteiger partial charge in [0.05, 0.1) is 0 Å². The van der Waals surface area contributed by atoms with E-state index in [0.29, 0.717) is 0 Å². The number of hydrogen-bond acceptors (Lipinski definition) is 1. The molecule has 17 heavy (non-hydrogen) atoms. The van der Waals surface area contributed by atoms with Gasteiger partial charge in [0, 0.05) is 0 Å². The maximum Gasteiger partial charge on any atom is -1.00 e. The number of hydrogen-bond donors (Lipinski definition) is 0. The van der Waals surface area contributed by atoms with Gasteiger partial charge in [0.1, 0.15) is 0 Å². The molecule has 0 aliphatic heterocycles. The molecule has 1 aromatic carbocycles. The first-order chi connectivity index (χ1) is 7.28. The van der Waals surface area contributed by atoms with Gasteiger partial charge in [-0.25, -0.2) is 0 Å². The molecule has 0 aliphatic rings. The van der Waals surface area contributed by atoms with Crippen molar-refractivity contribution >= 4 is 8.32 Å². The predicted molar refractivity (Wildman–Crippen MR) is 68.0 cm³/mol. The Morgan fingerprint density at radius 1 is 1.18 bits per heavy atom. The molecular formula is C13H21BrOSiZn. The molecule has 4 heteroatoms. The Hall–Kier alpha value is 0.340. The largest absolute Gasteiger partial charge is 1.00 e. The van der Waals surface area contributed by atoms with E-state index in [2.05, 4.69) is 58.1 Å². The second kappa shape index (κ2) is 6.49. The van der Waals surface area contributed by atoms with E-state index >= 15 is 0 Å². The van der Waals surface area contributed by atoms with Gasteiger partial charge in [-0.2, -0.15) is 0 Å². The summed E-state index contributed by atoms with van der Waals surface area (Å²) in [6, 6.07) is 8.47. The van der Waals surface area contributed by atoms with Crippen LogP contribution in [0.2, 0.25) is 18.1 Å². The normalized spacial score (nSPS) is 11.9. The molecule has 1 nitrogen and oxygen atoms in total. The van der Waals surface area contributed by atoms with E-state index in [1.165, 1.54) is 23.9 Å². The molecule has 0 aliphatic carbocycles. The van der Waals surface area contributed by atoms with Gasteiger partial charge in [-0.1, -0.05) is 0 Å². The van der Waals surface area contributed by atoms with E-state index in [1.54, 1.807) is 0 Å². The van der Waals surface area contributed by atoms with Crippen molar-refractivity contribution < 1.29 is 39.7 Å². The van der Waals surface area contributed by atoms with Gasteiger partial charge in [-0.15, -0.1) is 0 Å². The summed E-state index contributed by atoms with van der Waals surface area (Å²) in [5, 5.41) is 1.43. The number of benzene rings is 1. The SMILES string of the molecule is CC(C)(C)[Si](C)(C)Oc1ccccc1[CH2][Zn+].[Br-]. The van der Waals surface area contributed by atoms with E-state index in [-0.39, 0.29) is 22.0 Å². The summed E-state index contributed by atoms with van der Waals surface area (Å²) in [5.41, 5.74) is 1.37. The van der Waals surface area contributed by atoms with Crippen LogP contribution in [0.25, 0.3) is 0 Å². The molecular weight excluding hydrogens is 346 g/mol. The minimum Gasteiger partial charge on any atom is -1.00 e. The van der Waals surface area contributed by atoms with Gasteiger partial charge in [0.15, 0.2) is 0 Å². The Bertz CT molecular complexity index is 361. The van der Waals surface area contributed by atoms with E-state index in [1.807, 2.05) is 0 Å². The Balaban J connectivity index is 0.00000256. The van der Waals surface area contributed by atoms with Crippen LogP contribution in [0.1, 0.15) is 26.3 Å². The maximum atomic E-state index is 6.35. The quantitative estimate of drug-likeness (QED) is 0.729. The molecule has 1 rings (SSSR count). The number of para-hydroxylation sites is 1. The molecule has 0 fully saturated rings. The molecule has 1 aromatic rings. The average molecular weight is 367 g/mol. The molecule has 0 radical (unpaired) electrons. The third-order valence-corrected chi connectivity index (χ3v) is 8.89. The van der Waals surface area contributed by atoms with Crippen molar-refractivity contribution in [1.82, 2.24) is 0 Å². The zero-order valence-electron chi connectivity index (χ0n) is 11.5. The molecule has 0 bridgehead atoms. The van der Waals surface area contributed by atoms with Gasteiger partial charge in [0.25, 0.3) is 0 Å². The second-order valence-electron chi connectivity index (χ2n) is 5.72. The third-order valence-electron chi connectivity index (χ3n) is 3.41. The van der Waals surface area contributed by atoms with Gasteiger partial charge >= 0.3 is 111 Å². The van der Waals surface area contributed by atoms with Crippen LogP contribution in [-0.2, 0) is 23.3 Å². The van der Waals surface area contributed by atoms with Gasteiger partial charge in [-0.05, 0) is 0 Å². The molecule has 0 aromatic heterocycles. The van der Waals surface area contributed by atoms with E-state index in [0.717, 1.165) is 10.8 Å². The van der Waals surface area contributed by atoms with Crippen molar-refractivity contribution in [3.63, 3.8) is 0 Å². The monoisotopic (exact) mass is 364 g/mol. The first-order valence-corrected chi connectivity index (χ1v) is 10.8. The smallest absolute Gasteiger partial charge is 1.00 e. The van der Waals surface area contributed by atoms with Crippen molar-refractivity contribution in [1.29, 1.82) is 0 Å². The van der Waals surface area contributed by atoms with Crippen LogP contribution in [0.15, 0.2) is 24.3 Å². The molecule has 0 unspecified atom stereocenters. The number of rotatable bonds is 3. The summed E-state index contributed by atoms with van der Waals surface area (Å²) in [6.07, 6.45) is 0. The molecule has 0 amide bonds. The Kier molecular flexibility index (Phi) is 6.62. The molecule has 0 heterocycles. The standard InChI is InChI=1S/C13H21OSi.BrH.Zn/c1-11-9-7-8-10-12(11)14-15(5,6)13(2,3)4;;/h7-10H,1H2,2-6H3;1H;/q;;+1/p-1. The molecule has 0 saturated heterocycles. The van der Waals surface area contributed by atoms with Gasteiger partial charge < -0.3 is 17.0 Å². The summed E-state index contributed by atoms with van der Waals surface area (Å²) >= 11 is 1.29.